The normalized spacial score (nSPS) is 17.5. The Balaban J connectivity index is 1.65. The number of hydrogen-bond acceptors (Lipinski definition) is 8. The van der Waals surface area contributed by atoms with E-state index < -0.39 is 15.9 Å². The van der Waals surface area contributed by atoms with Crippen LogP contribution in [0, 0.1) is 25.2 Å². The van der Waals surface area contributed by atoms with Crippen molar-refractivity contribution in [2.75, 3.05) is 12.0 Å². The van der Waals surface area contributed by atoms with Crippen LogP contribution in [0.25, 0.3) is 0 Å². The highest BCUT2D eigenvalue weighted by atomic mass is 79.9. The third-order valence-electron chi connectivity index (χ3n) is 7.59. The first-order valence-electron chi connectivity index (χ1n) is 12.9. The van der Waals surface area contributed by atoms with Crippen LogP contribution in [0.4, 0.5) is 5.69 Å². The van der Waals surface area contributed by atoms with Gasteiger partial charge >= 0.3 is 0 Å². The summed E-state index contributed by atoms with van der Waals surface area (Å²) >= 11 is 3.58. The van der Waals surface area contributed by atoms with E-state index >= 15 is 0 Å². The van der Waals surface area contributed by atoms with Crippen molar-refractivity contribution in [3.63, 3.8) is 0 Å². The molecule has 0 saturated heterocycles. The zero-order chi connectivity index (χ0) is 29.6. The molecule has 5 rings (SSSR count). The van der Waals surface area contributed by atoms with Gasteiger partial charge in [0.05, 0.1) is 52.0 Å². The summed E-state index contributed by atoms with van der Waals surface area (Å²) in [6, 6.07) is 13.8. The quantitative estimate of drug-likeness (QED) is 0.406. The van der Waals surface area contributed by atoms with Gasteiger partial charge in [0.25, 0.3) is 0 Å². The number of carbonyl (C=O) groups is 1. The number of anilines is 1. The van der Waals surface area contributed by atoms with Gasteiger partial charge in [-0.05, 0) is 84.6 Å². The Bertz CT molecular complexity index is 1780. The molecular formula is C29H29BrN6O4S. The van der Waals surface area contributed by atoms with Crippen molar-refractivity contribution in [3.05, 3.63) is 92.1 Å². The number of ketones is 1. The lowest BCUT2D eigenvalue weighted by molar-refractivity contribution is -0.116. The molecule has 0 fully saturated rings. The Morgan fingerprint density at radius 2 is 1.88 bits per heavy atom. The topological polar surface area (TPSA) is 157 Å². The minimum Gasteiger partial charge on any atom is -0.496 e. The number of hydrogen-bond donors (Lipinski definition) is 2. The van der Waals surface area contributed by atoms with E-state index in [0.717, 1.165) is 27.0 Å². The number of nitriles is 1. The Hall–Kier alpha value is -3.92. The number of Topliss-reactive ketones (excluding diaryl/α,β-unsaturated/α-hetero) is 1. The Kier molecular flexibility index (Phi) is 7.54. The van der Waals surface area contributed by atoms with Crippen LogP contribution in [0.2, 0.25) is 0 Å². The van der Waals surface area contributed by atoms with E-state index in [9.17, 15) is 18.5 Å². The van der Waals surface area contributed by atoms with Crippen LogP contribution >= 0.6 is 15.9 Å². The van der Waals surface area contributed by atoms with Gasteiger partial charge in [0, 0.05) is 28.9 Å². The average Bonchev–Trinajstić information content (AvgIpc) is 3.18. The van der Waals surface area contributed by atoms with Crippen molar-refractivity contribution in [1.29, 1.82) is 5.26 Å². The van der Waals surface area contributed by atoms with E-state index in [-0.39, 0.29) is 22.1 Å². The molecule has 0 radical (unpaired) electrons. The number of aromatic nitrogens is 2. The van der Waals surface area contributed by atoms with E-state index in [4.69, 9.17) is 15.6 Å². The summed E-state index contributed by atoms with van der Waals surface area (Å²) in [5.41, 5.74) is 12.1. The van der Waals surface area contributed by atoms with Crippen LogP contribution in [0.5, 0.6) is 5.75 Å². The summed E-state index contributed by atoms with van der Waals surface area (Å²) in [6.45, 7) is 4.32. The summed E-state index contributed by atoms with van der Waals surface area (Å²) in [5.74, 6) is 0.126. The SMILES string of the molecule is COc1ccc([C@@H]2C(C#N)=C(N)N(c3ccc(S(N)(=O)=O)cc3)C3=C2C(=O)CCC3)cc1Cn1nc(C)c(Br)c1C. The van der Waals surface area contributed by atoms with E-state index in [2.05, 4.69) is 27.1 Å². The molecule has 0 unspecified atom stereocenters. The number of aryl methyl sites for hydroxylation is 1. The van der Waals surface area contributed by atoms with Crippen molar-refractivity contribution in [1.82, 2.24) is 9.78 Å². The van der Waals surface area contributed by atoms with E-state index in [1.165, 1.54) is 12.1 Å². The van der Waals surface area contributed by atoms with Gasteiger partial charge in [0.2, 0.25) is 10.0 Å². The first-order valence-corrected chi connectivity index (χ1v) is 15.3. The van der Waals surface area contributed by atoms with Gasteiger partial charge in [0.1, 0.15) is 11.6 Å². The zero-order valence-corrected chi connectivity index (χ0v) is 25.2. The number of methoxy groups -OCH3 is 1. The Labute approximate surface area is 247 Å². The average molecular weight is 638 g/mol. The van der Waals surface area contributed by atoms with Crippen LogP contribution in [0.3, 0.4) is 0 Å². The second-order valence-electron chi connectivity index (χ2n) is 10.1. The molecule has 1 aliphatic heterocycles. The Morgan fingerprint density at radius 3 is 2.46 bits per heavy atom. The molecule has 3 aromatic rings. The highest BCUT2D eigenvalue weighted by molar-refractivity contribution is 9.10. The summed E-state index contributed by atoms with van der Waals surface area (Å²) in [5, 5.41) is 20.3. The fourth-order valence-corrected chi connectivity index (χ4v) is 6.39. The monoisotopic (exact) mass is 636 g/mol. The molecule has 2 aliphatic rings. The van der Waals surface area contributed by atoms with Crippen molar-refractivity contribution < 1.29 is 17.9 Å². The number of allylic oxidation sites excluding steroid dienone is 3. The van der Waals surface area contributed by atoms with E-state index in [1.54, 1.807) is 24.1 Å². The summed E-state index contributed by atoms with van der Waals surface area (Å²) in [7, 11) is -2.30. The molecule has 1 atom stereocenters. The maximum absolute atomic E-state index is 13.5. The van der Waals surface area contributed by atoms with E-state index in [0.29, 0.717) is 48.5 Å². The summed E-state index contributed by atoms with van der Waals surface area (Å²) in [4.78, 5) is 15.2. The number of sulfonamides is 1. The minimum absolute atomic E-state index is 0.0477. The number of rotatable bonds is 6. The number of nitrogens with zero attached hydrogens (tertiary/aromatic N) is 4. The van der Waals surface area contributed by atoms with Crippen LogP contribution in [-0.4, -0.2) is 31.1 Å². The highest BCUT2D eigenvalue weighted by Crippen LogP contribution is 2.47. The van der Waals surface area contributed by atoms with Gasteiger partial charge in [-0.1, -0.05) is 6.07 Å². The molecular weight excluding hydrogens is 608 g/mol. The van der Waals surface area contributed by atoms with Gasteiger partial charge in [0.15, 0.2) is 5.78 Å². The molecule has 2 aromatic carbocycles. The van der Waals surface area contributed by atoms with E-state index in [1.807, 2.05) is 36.7 Å². The smallest absolute Gasteiger partial charge is 0.238 e. The number of nitrogens with two attached hydrogens (primary N) is 2. The molecule has 41 heavy (non-hydrogen) atoms. The molecule has 1 aromatic heterocycles. The van der Waals surface area contributed by atoms with Crippen LogP contribution < -0.4 is 20.5 Å². The number of primary sulfonamides is 1. The molecule has 0 saturated carbocycles. The molecule has 0 bridgehead atoms. The van der Waals surface area contributed by atoms with Gasteiger partial charge in [-0.2, -0.15) is 10.4 Å². The van der Waals surface area contributed by atoms with Crippen molar-refractivity contribution in [2.45, 2.75) is 50.5 Å². The van der Waals surface area contributed by atoms with Crippen molar-refractivity contribution >= 4 is 37.4 Å². The lowest BCUT2D eigenvalue weighted by Gasteiger charge is -2.39. The lowest BCUT2D eigenvalue weighted by atomic mass is 9.75. The van der Waals surface area contributed by atoms with Crippen LogP contribution in [0.1, 0.15) is 47.7 Å². The molecule has 2 heterocycles. The summed E-state index contributed by atoms with van der Waals surface area (Å²) in [6.07, 6.45) is 1.55. The largest absolute Gasteiger partial charge is 0.496 e. The number of halogens is 1. The number of ether oxygens (including phenoxy) is 1. The molecule has 12 heteroatoms. The molecule has 1 aliphatic carbocycles. The molecule has 10 nitrogen and oxygen atoms in total. The number of benzene rings is 2. The van der Waals surface area contributed by atoms with Gasteiger partial charge in [-0.15, -0.1) is 0 Å². The first-order chi connectivity index (χ1) is 19.5. The molecule has 0 spiro atoms. The fourth-order valence-electron chi connectivity index (χ4n) is 5.59. The predicted octanol–water partition coefficient (Wildman–Crippen LogP) is 4.27. The Morgan fingerprint density at radius 1 is 1.17 bits per heavy atom. The predicted molar refractivity (Wildman–Crippen MR) is 157 cm³/mol. The van der Waals surface area contributed by atoms with Crippen molar-refractivity contribution in [2.24, 2.45) is 10.9 Å². The maximum atomic E-state index is 13.5. The lowest BCUT2D eigenvalue weighted by Crippen LogP contribution is -2.38. The second kappa shape index (κ2) is 10.8. The third kappa shape index (κ3) is 5.05. The third-order valence-corrected chi connectivity index (χ3v) is 9.66. The van der Waals surface area contributed by atoms with Gasteiger partial charge in [-0.3, -0.25) is 14.4 Å². The van der Waals surface area contributed by atoms with Crippen molar-refractivity contribution in [3.8, 4) is 11.8 Å². The van der Waals surface area contributed by atoms with Gasteiger partial charge in [-0.25, -0.2) is 13.6 Å². The summed E-state index contributed by atoms with van der Waals surface area (Å²) < 4.78 is 32.1. The standard InChI is InChI=1S/C29H29BrN6O4S/c1-16-28(30)17(2)35(34-16)15-19-13-18(7-12-25(19)40-3)26-22(14-31)29(32)36(23-5-4-6-24(37)27(23)26)20-8-10-21(11-9-20)41(33,38)39/h7-13,26H,4-6,15,32H2,1-3H3,(H2,33,38,39)/t26-/m1/s1. The molecule has 0 amide bonds. The van der Waals surface area contributed by atoms with Crippen LogP contribution in [0.15, 0.2) is 74.5 Å². The van der Waals surface area contributed by atoms with Gasteiger partial charge < -0.3 is 10.5 Å². The first kappa shape index (κ1) is 28.6. The molecule has 212 valence electrons. The number of carbonyl (C=O) groups excluding carboxylic acids is 1. The molecule has 4 N–H and O–H groups in total. The highest BCUT2D eigenvalue weighted by Gasteiger charge is 2.40. The maximum Gasteiger partial charge on any atom is 0.238 e. The fraction of sp³-hybridized carbons (Fsp3) is 0.276. The second-order valence-corrected chi connectivity index (χ2v) is 12.4. The minimum atomic E-state index is -3.89. The zero-order valence-electron chi connectivity index (χ0n) is 22.8. The van der Waals surface area contributed by atoms with Crippen LogP contribution in [-0.2, 0) is 21.4 Å².